The summed E-state index contributed by atoms with van der Waals surface area (Å²) in [5, 5.41) is 4.05. The van der Waals surface area contributed by atoms with E-state index in [-0.39, 0.29) is 22.8 Å². The Kier molecular flexibility index (Phi) is 6.08. The lowest BCUT2D eigenvalue weighted by Crippen LogP contribution is -2.33. The highest BCUT2D eigenvalue weighted by atomic mass is 32.2. The van der Waals surface area contributed by atoms with Crippen molar-refractivity contribution in [2.24, 2.45) is 0 Å². The number of nitrogens with one attached hydrogen (secondary N) is 1. The van der Waals surface area contributed by atoms with Crippen molar-refractivity contribution in [1.29, 1.82) is 0 Å². The maximum Gasteiger partial charge on any atom is 0.263 e. The van der Waals surface area contributed by atoms with Gasteiger partial charge >= 0.3 is 0 Å². The van der Waals surface area contributed by atoms with Gasteiger partial charge in [-0.3, -0.25) is 14.2 Å². The molecule has 8 heteroatoms. The summed E-state index contributed by atoms with van der Waals surface area (Å²) in [5.74, 6) is -0.0152. The molecule has 0 bridgehead atoms. The molecule has 0 aromatic carbocycles. The number of nitrogens with zero attached hydrogens (tertiary/aromatic N) is 2. The second-order valence-corrected chi connectivity index (χ2v) is 9.93. The van der Waals surface area contributed by atoms with E-state index in [1.165, 1.54) is 22.2 Å². The van der Waals surface area contributed by atoms with Crippen LogP contribution < -0.4 is 10.9 Å². The number of thiophene rings is 1. The van der Waals surface area contributed by atoms with Gasteiger partial charge in [0.1, 0.15) is 4.83 Å². The molecule has 6 nitrogen and oxygen atoms in total. The van der Waals surface area contributed by atoms with Crippen molar-refractivity contribution in [2.45, 2.75) is 75.4 Å². The number of aromatic nitrogens is 2. The lowest BCUT2D eigenvalue weighted by molar-refractivity contribution is -0.120. The highest BCUT2D eigenvalue weighted by Gasteiger charge is 2.27. The molecule has 1 saturated heterocycles. The Hall–Kier alpha value is -1.38. The fourth-order valence-electron chi connectivity index (χ4n) is 3.90. The zero-order valence-electron chi connectivity index (χ0n) is 16.5. The van der Waals surface area contributed by atoms with Gasteiger partial charge in [0.05, 0.1) is 23.3 Å². The molecule has 1 amide bonds. The zero-order valence-corrected chi connectivity index (χ0v) is 18.1. The molecule has 1 aliphatic carbocycles. The van der Waals surface area contributed by atoms with Crippen molar-refractivity contribution in [3.05, 3.63) is 20.8 Å². The molecule has 0 saturated carbocycles. The lowest BCUT2D eigenvalue weighted by Gasteiger charge is -2.18. The van der Waals surface area contributed by atoms with Crippen molar-refractivity contribution in [1.82, 2.24) is 14.9 Å². The van der Waals surface area contributed by atoms with Gasteiger partial charge < -0.3 is 10.1 Å². The number of ether oxygens (including phenoxy) is 1. The van der Waals surface area contributed by atoms with E-state index in [1.807, 2.05) is 13.8 Å². The van der Waals surface area contributed by atoms with Crippen molar-refractivity contribution < 1.29 is 9.53 Å². The normalized spacial score (nSPS) is 19.9. The number of carbonyl (C=O) groups is 1. The van der Waals surface area contributed by atoms with E-state index in [9.17, 15) is 9.59 Å². The largest absolute Gasteiger partial charge is 0.376 e. The monoisotopic (exact) mass is 421 g/mol. The van der Waals surface area contributed by atoms with Gasteiger partial charge in [0.25, 0.3) is 5.56 Å². The van der Waals surface area contributed by atoms with Crippen LogP contribution in [0.25, 0.3) is 10.2 Å². The van der Waals surface area contributed by atoms with Gasteiger partial charge in [-0.15, -0.1) is 11.3 Å². The molecule has 3 heterocycles. The van der Waals surface area contributed by atoms with Gasteiger partial charge in [-0.05, 0) is 51.0 Å². The molecule has 152 valence electrons. The maximum atomic E-state index is 13.4. The smallest absolute Gasteiger partial charge is 0.263 e. The van der Waals surface area contributed by atoms with Crippen LogP contribution in [0.3, 0.4) is 0 Å². The number of hydrogen-bond acceptors (Lipinski definition) is 6. The minimum Gasteiger partial charge on any atom is -0.376 e. The molecule has 0 spiro atoms. The maximum absolute atomic E-state index is 13.4. The third kappa shape index (κ3) is 3.86. The topological polar surface area (TPSA) is 73.2 Å². The third-order valence-electron chi connectivity index (χ3n) is 5.40. The number of fused-ring (bicyclic) bond motifs is 3. The number of rotatable bonds is 7. The summed E-state index contributed by atoms with van der Waals surface area (Å²) in [6, 6.07) is 0. The summed E-state index contributed by atoms with van der Waals surface area (Å²) in [7, 11) is 0. The standard InChI is InChI=1S/C20H27N3O3S2/c1-3-9-21-17(24)12(2)27-20-22-18-16(14-7-4-8-15(14)28-18)19(25)23(20)11-13-6-5-10-26-13/h12-13H,3-11H2,1-2H3,(H,21,24)/t12-,13+/m1/s1. The summed E-state index contributed by atoms with van der Waals surface area (Å²) in [6.45, 7) is 5.83. The molecule has 1 N–H and O–H groups in total. The highest BCUT2D eigenvalue weighted by molar-refractivity contribution is 8.00. The van der Waals surface area contributed by atoms with E-state index >= 15 is 0 Å². The average molecular weight is 422 g/mol. The van der Waals surface area contributed by atoms with Crippen LogP contribution in [-0.4, -0.2) is 40.0 Å². The zero-order chi connectivity index (χ0) is 19.7. The molecule has 0 unspecified atom stereocenters. The molecule has 1 fully saturated rings. The summed E-state index contributed by atoms with van der Waals surface area (Å²) >= 11 is 3.02. The van der Waals surface area contributed by atoms with Gasteiger partial charge in [-0.1, -0.05) is 18.7 Å². The van der Waals surface area contributed by atoms with Crippen LogP contribution in [0.2, 0.25) is 0 Å². The van der Waals surface area contributed by atoms with Crippen molar-refractivity contribution in [2.75, 3.05) is 13.2 Å². The molecule has 1 aliphatic heterocycles. The third-order valence-corrected chi connectivity index (χ3v) is 7.68. The number of amides is 1. The molecule has 0 radical (unpaired) electrons. The molecular formula is C20H27N3O3S2. The van der Waals surface area contributed by atoms with Crippen molar-refractivity contribution in [3.8, 4) is 0 Å². The first-order valence-electron chi connectivity index (χ1n) is 10.2. The van der Waals surface area contributed by atoms with E-state index in [1.54, 1.807) is 15.9 Å². The Balaban J connectivity index is 1.70. The van der Waals surface area contributed by atoms with Gasteiger partial charge in [0.15, 0.2) is 5.16 Å². The fourth-order valence-corrected chi connectivity index (χ4v) is 6.15. The Morgan fingerprint density at radius 2 is 2.29 bits per heavy atom. The first-order chi connectivity index (χ1) is 13.6. The van der Waals surface area contributed by atoms with Crippen molar-refractivity contribution >= 4 is 39.2 Å². The fraction of sp³-hybridized carbons (Fsp3) is 0.650. The van der Waals surface area contributed by atoms with Crippen LogP contribution in [-0.2, 0) is 28.9 Å². The average Bonchev–Trinajstić information content (AvgIpc) is 3.39. The Labute approximate surface area is 173 Å². The quantitative estimate of drug-likeness (QED) is 0.549. The van der Waals surface area contributed by atoms with Crippen LogP contribution >= 0.6 is 23.1 Å². The number of thioether (sulfide) groups is 1. The molecule has 2 aromatic rings. The molecule has 4 rings (SSSR count). The minimum absolute atomic E-state index is 0.0152. The minimum atomic E-state index is -0.307. The van der Waals surface area contributed by atoms with Crippen LogP contribution in [0, 0.1) is 0 Å². The van der Waals surface area contributed by atoms with Crippen LogP contribution in [0.4, 0.5) is 0 Å². The summed E-state index contributed by atoms with van der Waals surface area (Å²) in [6.07, 6.45) is 6.07. The molecule has 2 aliphatic rings. The molecular weight excluding hydrogens is 394 g/mol. The van der Waals surface area contributed by atoms with Crippen LogP contribution in [0.5, 0.6) is 0 Å². The summed E-state index contributed by atoms with van der Waals surface area (Å²) < 4.78 is 7.55. The molecule has 28 heavy (non-hydrogen) atoms. The second kappa shape index (κ2) is 8.55. The van der Waals surface area contributed by atoms with Gasteiger partial charge in [0.2, 0.25) is 5.91 Å². The van der Waals surface area contributed by atoms with E-state index in [2.05, 4.69) is 5.32 Å². The molecule has 2 atom stereocenters. The van der Waals surface area contributed by atoms with E-state index in [0.29, 0.717) is 18.2 Å². The molecule has 2 aromatic heterocycles. The predicted molar refractivity (Wildman–Crippen MR) is 113 cm³/mol. The van der Waals surface area contributed by atoms with Gasteiger partial charge in [0, 0.05) is 18.0 Å². The van der Waals surface area contributed by atoms with Crippen LogP contribution in [0.1, 0.15) is 50.0 Å². The number of carbonyl (C=O) groups excluding carboxylic acids is 1. The van der Waals surface area contributed by atoms with E-state index < -0.39 is 0 Å². The number of aryl methyl sites for hydroxylation is 2. The Bertz CT molecular complexity index is 931. The van der Waals surface area contributed by atoms with Crippen LogP contribution in [0.15, 0.2) is 9.95 Å². The summed E-state index contributed by atoms with van der Waals surface area (Å²) in [4.78, 5) is 32.8. The second-order valence-electron chi connectivity index (χ2n) is 7.53. The van der Waals surface area contributed by atoms with Crippen molar-refractivity contribution in [3.63, 3.8) is 0 Å². The number of hydrogen-bond donors (Lipinski definition) is 1. The Morgan fingerprint density at radius 3 is 3.04 bits per heavy atom. The highest BCUT2D eigenvalue weighted by Crippen LogP contribution is 2.36. The van der Waals surface area contributed by atoms with E-state index in [0.717, 1.165) is 55.3 Å². The summed E-state index contributed by atoms with van der Waals surface area (Å²) in [5.41, 5.74) is 1.23. The Morgan fingerprint density at radius 1 is 1.43 bits per heavy atom. The first kappa shape index (κ1) is 19.9. The van der Waals surface area contributed by atoms with E-state index in [4.69, 9.17) is 9.72 Å². The van der Waals surface area contributed by atoms with Gasteiger partial charge in [-0.25, -0.2) is 4.98 Å². The lowest BCUT2D eigenvalue weighted by atomic mass is 10.2. The first-order valence-corrected chi connectivity index (χ1v) is 11.9. The predicted octanol–water partition coefficient (Wildman–Crippen LogP) is 3.13. The SMILES string of the molecule is CCCNC(=O)[C@@H](C)Sc1nc2sc3c(c2c(=O)n1C[C@@H]1CCCO1)CCC3. The van der Waals surface area contributed by atoms with Gasteiger partial charge in [-0.2, -0.15) is 0 Å².